The Hall–Kier alpha value is -1.71. The van der Waals surface area contributed by atoms with Gasteiger partial charge in [0.2, 0.25) is 0 Å². The largest absolute Gasteiger partial charge is 0.497 e. The number of alkyl halides is 1. The normalized spacial score (nSPS) is 12.6. The van der Waals surface area contributed by atoms with Crippen molar-refractivity contribution in [3.8, 4) is 11.4 Å². The van der Waals surface area contributed by atoms with E-state index < -0.39 is 0 Å². The van der Waals surface area contributed by atoms with Gasteiger partial charge in [0.25, 0.3) is 0 Å². The molecule has 3 aromatic rings. The Bertz CT molecular complexity index is 796. The zero-order valence-corrected chi connectivity index (χ0v) is 13.2. The molecule has 3 nitrogen and oxygen atoms in total. The van der Waals surface area contributed by atoms with Gasteiger partial charge in [-0.15, -0.1) is 11.6 Å². The van der Waals surface area contributed by atoms with E-state index in [4.69, 9.17) is 27.9 Å². The minimum absolute atomic E-state index is 0.236. The highest BCUT2D eigenvalue weighted by atomic mass is 35.5. The molecule has 1 atom stereocenters. The van der Waals surface area contributed by atoms with Crippen molar-refractivity contribution >= 4 is 34.2 Å². The van der Waals surface area contributed by atoms with Crippen molar-refractivity contribution in [2.75, 3.05) is 7.11 Å². The minimum Gasteiger partial charge on any atom is -0.497 e. The van der Waals surface area contributed by atoms with E-state index in [2.05, 4.69) is 4.98 Å². The molecule has 0 radical (unpaired) electrons. The first-order chi connectivity index (χ1) is 10.1. The smallest absolute Gasteiger partial charge is 0.132 e. The number of imidazole rings is 1. The lowest BCUT2D eigenvalue weighted by atomic mass is 10.2. The summed E-state index contributed by atoms with van der Waals surface area (Å²) in [6.07, 6.45) is 0. The fraction of sp³-hybridized carbons (Fsp3) is 0.188. The third-order valence-electron chi connectivity index (χ3n) is 3.34. The molecule has 1 unspecified atom stereocenters. The SMILES string of the molecule is COc1ccc(Cl)c(-n2c(C(C)Cl)nc3ccccc32)c1. The quantitative estimate of drug-likeness (QED) is 0.636. The molecular weight excluding hydrogens is 307 g/mol. The van der Waals surface area contributed by atoms with Gasteiger partial charge in [0.05, 0.1) is 34.2 Å². The number of ether oxygens (including phenoxy) is 1. The second kappa shape index (κ2) is 5.58. The molecule has 0 N–H and O–H groups in total. The number of fused-ring (bicyclic) bond motifs is 1. The van der Waals surface area contributed by atoms with E-state index in [9.17, 15) is 0 Å². The highest BCUT2D eigenvalue weighted by molar-refractivity contribution is 6.32. The van der Waals surface area contributed by atoms with Crippen molar-refractivity contribution in [2.24, 2.45) is 0 Å². The summed E-state index contributed by atoms with van der Waals surface area (Å²) < 4.78 is 7.28. The van der Waals surface area contributed by atoms with E-state index in [0.29, 0.717) is 5.02 Å². The summed E-state index contributed by atoms with van der Waals surface area (Å²) in [5.41, 5.74) is 2.67. The summed E-state index contributed by atoms with van der Waals surface area (Å²) in [6, 6.07) is 13.4. The summed E-state index contributed by atoms with van der Waals surface area (Å²) in [7, 11) is 1.63. The second-order valence-electron chi connectivity index (χ2n) is 4.73. The number of hydrogen-bond acceptors (Lipinski definition) is 2. The second-order valence-corrected chi connectivity index (χ2v) is 5.79. The van der Waals surface area contributed by atoms with Crippen molar-refractivity contribution in [3.05, 3.63) is 53.3 Å². The highest BCUT2D eigenvalue weighted by Gasteiger charge is 2.18. The van der Waals surface area contributed by atoms with Crippen LogP contribution in [0.3, 0.4) is 0 Å². The zero-order chi connectivity index (χ0) is 15.0. The van der Waals surface area contributed by atoms with Crippen LogP contribution in [0.2, 0.25) is 5.02 Å². The fourth-order valence-corrected chi connectivity index (χ4v) is 2.70. The van der Waals surface area contributed by atoms with Crippen LogP contribution < -0.4 is 4.74 Å². The van der Waals surface area contributed by atoms with Crippen molar-refractivity contribution in [1.29, 1.82) is 0 Å². The molecule has 0 aliphatic heterocycles. The Morgan fingerprint density at radius 2 is 1.95 bits per heavy atom. The fourth-order valence-electron chi connectivity index (χ4n) is 2.36. The number of nitrogens with zero attached hydrogens (tertiary/aromatic N) is 2. The van der Waals surface area contributed by atoms with Gasteiger partial charge >= 0.3 is 0 Å². The molecule has 0 saturated carbocycles. The molecule has 21 heavy (non-hydrogen) atoms. The predicted octanol–water partition coefficient (Wildman–Crippen LogP) is 4.99. The zero-order valence-electron chi connectivity index (χ0n) is 11.7. The maximum atomic E-state index is 6.37. The van der Waals surface area contributed by atoms with E-state index in [-0.39, 0.29) is 5.38 Å². The molecule has 3 rings (SSSR count). The van der Waals surface area contributed by atoms with Crippen LogP contribution >= 0.6 is 23.2 Å². The Kier molecular flexibility index (Phi) is 3.79. The van der Waals surface area contributed by atoms with Crippen molar-refractivity contribution < 1.29 is 4.74 Å². The third kappa shape index (κ3) is 2.47. The van der Waals surface area contributed by atoms with E-state index in [1.54, 1.807) is 7.11 Å². The third-order valence-corrected chi connectivity index (χ3v) is 3.85. The first-order valence-corrected chi connectivity index (χ1v) is 7.38. The number of para-hydroxylation sites is 2. The van der Waals surface area contributed by atoms with E-state index in [0.717, 1.165) is 28.3 Å². The van der Waals surface area contributed by atoms with E-state index in [1.807, 2.05) is 54.0 Å². The van der Waals surface area contributed by atoms with Crippen molar-refractivity contribution in [1.82, 2.24) is 9.55 Å². The number of aromatic nitrogens is 2. The van der Waals surface area contributed by atoms with Crippen LogP contribution in [0.25, 0.3) is 16.7 Å². The van der Waals surface area contributed by atoms with Crippen LogP contribution in [-0.4, -0.2) is 16.7 Å². The Labute approximate surface area is 133 Å². The number of benzene rings is 2. The average molecular weight is 321 g/mol. The standard InChI is InChI=1S/C16H14Cl2N2O/c1-10(17)16-19-13-5-3-4-6-14(13)20(16)15-9-11(21-2)7-8-12(15)18/h3-10H,1-2H3. The van der Waals surface area contributed by atoms with Gasteiger partial charge < -0.3 is 4.74 Å². The first-order valence-electron chi connectivity index (χ1n) is 6.57. The summed E-state index contributed by atoms with van der Waals surface area (Å²) >= 11 is 12.7. The summed E-state index contributed by atoms with van der Waals surface area (Å²) in [4.78, 5) is 4.62. The molecule has 0 amide bonds. The first kappa shape index (κ1) is 14.2. The number of halogens is 2. The lowest BCUT2D eigenvalue weighted by molar-refractivity contribution is 0.414. The maximum Gasteiger partial charge on any atom is 0.132 e. The van der Waals surface area contributed by atoms with E-state index >= 15 is 0 Å². The Balaban J connectivity index is 2.35. The molecule has 2 aromatic carbocycles. The van der Waals surface area contributed by atoms with Gasteiger partial charge in [0, 0.05) is 6.07 Å². The van der Waals surface area contributed by atoms with Crippen LogP contribution in [0.5, 0.6) is 5.75 Å². The Morgan fingerprint density at radius 1 is 1.19 bits per heavy atom. The predicted molar refractivity (Wildman–Crippen MR) is 86.9 cm³/mol. The van der Waals surface area contributed by atoms with Gasteiger partial charge in [-0.2, -0.15) is 0 Å². The van der Waals surface area contributed by atoms with Gasteiger partial charge in [-0.25, -0.2) is 4.98 Å². The molecule has 0 saturated heterocycles. The molecular formula is C16H14Cl2N2O. The highest BCUT2D eigenvalue weighted by Crippen LogP contribution is 2.33. The van der Waals surface area contributed by atoms with Gasteiger partial charge in [-0.05, 0) is 31.2 Å². The van der Waals surface area contributed by atoms with Crippen LogP contribution in [0.1, 0.15) is 18.1 Å². The lowest BCUT2D eigenvalue weighted by Gasteiger charge is -2.13. The Morgan fingerprint density at radius 3 is 2.67 bits per heavy atom. The molecule has 0 fully saturated rings. The molecule has 0 aliphatic rings. The topological polar surface area (TPSA) is 27.1 Å². The molecule has 5 heteroatoms. The minimum atomic E-state index is -0.236. The van der Waals surface area contributed by atoms with E-state index in [1.165, 1.54) is 0 Å². The van der Waals surface area contributed by atoms with Crippen LogP contribution in [-0.2, 0) is 0 Å². The van der Waals surface area contributed by atoms with Crippen LogP contribution in [0, 0.1) is 0 Å². The molecule has 1 aromatic heterocycles. The molecule has 1 heterocycles. The van der Waals surface area contributed by atoms with Gasteiger partial charge in [0.1, 0.15) is 11.6 Å². The maximum absolute atomic E-state index is 6.37. The van der Waals surface area contributed by atoms with Crippen molar-refractivity contribution in [2.45, 2.75) is 12.3 Å². The number of rotatable bonds is 3. The number of hydrogen-bond donors (Lipinski definition) is 0. The van der Waals surface area contributed by atoms with Gasteiger partial charge in [-0.3, -0.25) is 4.57 Å². The average Bonchev–Trinajstić information content (AvgIpc) is 2.87. The molecule has 0 bridgehead atoms. The van der Waals surface area contributed by atoms with Crippen LogP contribution in [0.15, 0.2) is 42.5 Å². The monoisotopic (exact) mass is 320 g/mol. The lowest BCUT2D eigenvalue weighted by Crippen LogP contribution is -2.03. The molecule has 0 spiro atoms. The summed E-state index contributed by atoms with van der Waals surface area (Å²) in [5, 5.41) is 0.386. The summed E-state index contributed by atoms with van der Waals surface area (Å²) in [5.74, 6) is 1.49. The van der Waals surface area contributed by atoms with Gasteiger partial charge in [-0.1, -0.05) is 23.7 Å². The van der Waals surface area contributed by atoms with Gasteiger partial charge in [0.15, 0.2) is 0 Å². The number of methoxy groups -OCH3 is 1. The summed E-state index contributed by atoms with van der Waals surface area (Å²) in [6.45, 7) is 1.90. The van der Waals surface area contributed by atoms with Crippen molar-refractivity contribution in [3.63, 3.8) is 0 Å². The molecule has 0 aliphatic carbocycles. The van der Waals surface area contributed by atoms with Crippen LogP contribution in [0.4, 0.5) is 0 Å². The molecule has 108 valence electrons.